The van der Waals surface area contributed by atoms with Crippen molar-refractivity contribution in [1.29, 1.82) is 0 Å². The van der Waals surface area contributed by atoms with Crippen LogP contribution in [0.25, 0.3) is 0 Å². The van der Waals surface area contributed by atoms with Crippen molar-refractivity contribution in [3.63, 3.8) is 0 Å². The van der Waals surface area contributed by atoms with Gasteiger partial charge in [0.1, 0.15) is 11.3 Å². The van der Waals surface area contributed by atoms with Crippen molar-refractivity contribution in [3.8, 4) is 5.75 Å². The van der Waals surface area contributed by atoms with E-state index in [1.165, 1.54) is 19.2 Å². The first-order chi connectivity index (χ1) is 9.81. The van der Waals surface area contributed by atoms with Gasteiger partial charge in [0.25, 0.3) is 0 Å². The summed E-state index contributed by atoms with van der Waals surface area (Å²) in [5.41, 5.74) is -0.179. The van der Waals surface area contributed by atoms with Gasteiger partial charge in [-0.05, 0) is 31.5 Å². The van der Waals surface area contributed by atoms with Crippen LogP contribution in [0.5, 0.6) is 5.75 Å². The van der Waals surface area contributed by atoms with E-state index in [9.17, 15) is 13.2 Å². The van der Waals surface area contributed by atoms with Gasteiger partial charge in [-0.15, -0.1) is 0 Å². The Hall–Kier alpha value is -1.60. The molecule has 0 radical (unpaired) electrons. The number of nitrogens with one attached hydrogen (secondary N) is 1. The van der Waals surface area contributed by atoms with Crippen LogP contribution in [-0.2, 0) is 10.0 Å². The Morgan fingerprint density at radius 3 is 2.62 bits per heavy atom. The highest BCUT2D eigenvalue weighted by molar-refractivity contribution is 7.89. The maximum atomic E-state index is 12.2. The number of carboxylic acid groups (broad SMARTS) is 1. The van der Waals surface area contributed by atoms with Gasteiger partial charge in [-0.1, -0.05) is 19.8 Å². The highest BCUT2D eigenvalue weighted by Crippen LogP contribution is 2.22. The number of ether oxygens (including phenoxy) is 1. The van der Waals surface area contributed by atoms with Crippen molar-refractivity contribution in [1.82, 2.24) is 4.72 Å². The first kappa shape index (κ1) is 17.5. The molecule has 1 aromatic rings. The Balaban J connectivity index is 3.03. The van der Waals surface area contributed by atoms with Crippen LogP contribution in [-0.4, -0.2) is 32.6 Å². The molecule has 0 bridgehead atoms. The van der Waals surface area contributed by atoms with Gasteiger partial charge in [0, 0.05) is 6.04 Å². The third-order valence-corrected chi connectivity index (χ3v) is 4.65. The van der Waals surface area contributed by atoms with E-state index in [1.54, 1.807) is 6.92 Å². The summed E-state index contributed by atoms with van der Waals surface area (Å²) in [4.78, 5) is 11.0. The molecule has 0 aliphatic heterocycles. The zero-order chi connectivity index (χ0) is 16.0. The average molecular weight is 315 g/mol. The minimum absolute atomic E-state index is 0.0796. The van der Waals surface area contributed by atoms with Gasteiger partial charge in [-0.2, -0.15) is 0 Å². The molecular formula is C14H21NO5S. The summed E-state index contributed by atoms with van der Waals surface area (Å²) in [6, 6.07) is 3.58. The molecule has 0 aliphatic rings. The highest BCUT2D eigenvalue weighted by atomic mass is 32.2. The Morgan fingerprint density at radius 2 is 2.10 bits per heavy atom. The van der Waals surface area contributed by atoms with Crippen LogP contribution in [0, 0.1) is 0 Å². The van der Waals surface area contributed by atoms with Crippen molar-refractivity contribution >= 4 is 16.0 Å². The van der Waals surface area contributed by atoms with Crippen LogP contribution in [0.2, 0.25) is 0 Å². The third-order valence-electron chi connectivity index (χ3n) is 3.06. The molecule has 118 valence electrons. The molecule has 0 spiro atoms. The first-order valence-corrected chi connectivity index (χ1v) is 8.23. The summed E-state index contributed by atoms with van der Waals surface area (Å²) in [6.07, 6.45) is 2.64. The smallest absolute Gasteiger partial charge is 0.339 e. The van der Waals surface area contributed by atoms with Crippen molar-refractivity contribution in [2.45, 2.75) is 44.0 Å². The van der Waals surface area contributed by atoms with E-state index in [-0.39, 0.29) is 22.3 Å². The van der Waals surface area contributed by atoms with Gasteiger partial charge in [0.05, 0.1) is 12.0 Å². The molecule has 0 amide bonds. The average Bonchev–Trinajstić information content (AvgIpc) is 2.43. The van der Waals surface area contributed by atoms with E-state index in [2.05, 4.69) is 4.72 Å². The van der Waals surface area contributed by atoms with Crippen molar-refractivity contribution in [2.24, 2.45) is 0 Å². The molecule has 1 unspecified atom stereocenters. The van der Waals surface area contributed by atoms with E-state index in [0.29, 0.717) is 0 Å². The SMILES string of the molecule is CCCCC(C)NS(=O)(=O)c1ccc(OC)c(C(=O)O)c1. The molecule has 21 heavy (non-hydrogen) atoms. The third kappa shape index (κ3) is 4.71. The Labute approximate surface area is 125 Å². The second kappa shape index (κ2) is 7.42. The number of hydrogen-bond donors (Lipinski definition) is 2. The maximum Gasteiger partial charge on any atom is 0.339 e. The number of rotatable bonds is 8. The summed E-state index contributed by atoms with van der Waals surface area (Å²) < 4.78 is 31.9. The Morgan fingerprint density at radius 1 is 1.43 bits per heavy atom. The Bertz CT molecular complexity index is 597. The molecule has 7 heteroatoms. The predicted octanol–water partition coefficient (Wildman–Crippen LogP) is 2.25. The molecular weight excluding hydrogens is 294 g/mol. The van der Waals surface area contributed by atoms with Crippen molar-refractivity contribution < 1.29 is 23.1 Å². The molecule has 0 fully saturated rings. The van der Waals surface area contributed by atoms with Crippen molar-refractivity contribution in [3.05, 3.63) is 23.8 Å². The second-order valence-electron chi connectivity index (χ2n) is 4.83. The molecule has 1 atom stereocenters. The molecule has 0 heterocycles. The topological polar surface area (TPSA) is 92.7 Å². The quantitative estimate of drug-likeness (QED) is 0.767. The van der Waals surface area contributed by atoms with E-state index in [1.807, 2.05) is 6.92 Å². The molecule has 2 N–H and O–H groups in total. The van der Waals surface area contributed by atoms with Crippen molar-refractivity contribution in [2.75, 3.05) is 7.11 Å². The van der Waals surface area contributed by atoms with Crippen LogP contribution in [0.4, 0.5) is 0 Å². The van der Waals surface area contributed by atoms with Crippen LogP contribution in [0.15, 0.2) is 23.1 Å². The number of methoxy groups -OCH3 is 1. The summed E-state index contributed by atoms with van der Waals surface area (Å²) in [7, 11) is -2.41. The Kier molecular flexibility index (Phi) is 6.17. The lowest BCUT2D eigenvalue weighted by molar-refractivity contribution is 0.0693. The summed E-state index contributed by atoms with van der Waals surface area (Å²) in [6.45, 7) is 3.82. The fourth-order valence-electron chi connectivity index (χ4n) is 1.92. The van der Waals surface area contributed by atoms with Crippen LogP contribution >= 0.6 is 0 Å². The number of sulfonamides is 1. The van der Waals surface area contributed by atoms with E-state index >= 15 is 0 Å². The largest absolute Gasteiger partial charge is 0.496 e. The number of unbranched alkanes of at least 4 members (excludes halogenated alkanes) is 1. The van der Waals surface area contributed by atoms with Gasteiger partial charge >= 0.3 is 5.97 Å². The van der Waals surface area contributed by atoms with E-state index < -0.39 is 16.0 Å². The van der Waals surface area contributed by atoms with E-state index in [4.69, 9.17) is 9.84 Å². The van der Waals surface area contributed by atoms with Gasteiger partial charge < -0.3 is 9.84 Å². The fourth-order valence-corrected chi connectivity index (χ4v) is 3.23. The zero-order valence-corrected chi connectivity index (χ0v) is 13.2. The molecule has 0 saturated carbocycles. The van der Waals surface area contributed by atoms with Gasteiger partial charge in [0.15, 0.2) is 0 Å². The summed E-state index contributed by atoms with van der Waals surface area (Å²) in [5.74, 6) is -1.11. The number of carboxylic acids is 1. The van der Waals surface area contributed by atoms with Crippen LogP contribution in [0.3, 0.4) is 0 Å². The lowest BCUT2D eigenvalue weighted by Crippen LogP contribution is -2.32. The minimum Gasteiger partial charge on any atom is -0.496 e. The number of hydrogen-bond acceptors (Lipinski definition) is 4. The summed E-state index contributed by atoms with van der Waals surface area (Å²) in [5, 5.41) is 9.09. The number of benzene rings is 1. The van der Waals surface area contributed by atoms with Gasteiger partial charge in [0.2, 0.25) is 10.0 Å². The van der Waals surface area contributed by atoms with Crippen LogP contribution < -0.4 is 9.46 Å². The molecule has 0 aromatic heterocycles. The standard InChI is InChI=1S/C14H21NO5S/c1-4-5-6-10(2)15-21(18,19)11-7-8-13(20-3)12(9-11)14(16)17/h7-10,15H,4-6H2,1-3H3,(H,16,17). The second-order valence-corrected chi connectivity index (χ2v) is 6.55. The van der Waals surface area contributed by atoms with Crippen LogP contribution in [0.1, 0.15) is 43.5 Å². The van der Waals surface area contributed by atoms with Gasteiger partial charge in [-0.25, -0.2) is 17.9 Å². The molecule has 6 nitrogen and oxygen atoms in total. The fraction of sp³-hybridized carbons (Fsp3) is 0.500. The summed E-state index contributed by atoms with van der Waals surface area (Å²) >= 11 is 0. The normalized spacial score (nSPS) is 12.9. The predicted molar refractivity (Wildman–Crippen MR) is 79.3 cm³/mol. The highest BCUT2D eigenvalue weighted by Gasteiger charge is 2.21. The molecule has 1 rings (SSSR count). The molecule has 0 aliphatic carbocycles. The van der Waals surface area contributed by atoms with Gasteiger partial charge in [-0.3, -0.25) is 0 Å². The maximum absolute atomic E-state index is 12.2. The molecule has 0 saturated heterocycles. The lowest BCUT2D eigenvalue weighted by atomic mass is 10.2. The first-order valence-electron chi connectivity index (χ1n) is 6.75. The minimum atomic E-state index is -3.74. The molecule has 1 aromatic carbocycles. The lowest BCUT2D eigenvalue weighted by Gasteiger charge is -2.14. The number of carbonyl (C=O) groups is 1. The number of aromatic carboxylic acids is 1. The zero-order valence-electron chi connectivity index (χ0n) is 12.4. The monoisotopic (exact) mass is 315 g/mol. The van der Waals surface area contributed by atoms with E-state index in [0.717, 1.165) is 25.3 Å².